The maximum atomic E-state index is 11.8. The van der Waals surface area contributed by atoms with Crippen LogP contribution in [0.3, 0.4) is 0 Å². The highest BCUT2D eigenvalue weighted by molar-refractivity contribution is 5.67. The zero-order valence-electron chi connectivity index (χ0n) is 16.6. The summed E-state index contributed by atoms with van der Waals surface area (Å²) in [6.07, 6.45) is 0.734. The lowest BCUT2D eigenvalue weighted by molar-refractivity contribution is 0.0589. The van der Waals surface area contributed by atoms with Gasteiger partial charge in [-0.3, -0.25) is 4.90 Å². The van der Waals surface area contributed by atoms with Gasteiger partial charge in [0.2, 0.25) is 0 Å². The minimum atomic E-state index is -0.195. The Balaban J connectivity index is 1.45. The van der Waals surface area contributed by atoms with E-state index in [2.05, 4.69) is 53.4 Å². The van der Waals surface area contributed by atoms with E-state index in [0.717, 1.165) is 39.1 Å². The fourth-order valence-electron chi connectivity index (χ4n) is 3.50. The van der Waals surface area contributed by atoms with E-state index in [9.17, 15) is 4.79 Å². The van der Waals surface area contributed by atoms with Crippen molar-refractivity contribution in [2.24, 2.45) is 0 Å². The van der Waals surface area contributed by atoms with Crippen molar-refractivity contribution >= 4 is 6.09 Å². The molecule has 2 aromatic rings. The first-order valence-electron chi connectivity index (χ1n) is 10.1. The van der Waals surface area contributed by atoms with E-state index in [4.69, 9.17) is 9.47 Å². The number of carbonyl (C=O) groups excluding carboxylic acids is 1. The Hall–Kier alpha value is -2.37. The number of nitrogens with zero attached hydrogens (tertiary/aromatic N) is 2. The van der Waals surface area contributed by atoms with Gasteiger partial charge < -0.3 is 14.4 Å². The largest absolute Gasteiger partial charge is 0.450 e. The smallest absolute Gasteiger partial charge is 0.409 e. The molecule has 1 saturated heterocycles. The van der Waals surface area contributed by atoms with Gasteiger partial charge in [-0.05, 0) is 24.5 Å². The molecule has 0 N–H and O–H groups in total. The first-order chi connectivity index (χ1) is 13.8. The topological polar surface area (TPSA) is 42.0 Å². The van der Waals surface area contributed by atoms with Crippen LogP contribution in [0.1, 0.15) is 30.6 Å². The van der Waals surface area contributed by atoms with E-state index in [-0.39, 0.29) is 12.2 Å². The van der Waals surface area contributed by atoms with Gasteiger partial charge in [0.15, 0.2) is 0 Å². The molecular weight excluding hydrogens is 352 g/mol. The average Bonchev–Trinajstić information content (AvgIpc) is 2.75. The number of benzene rings is 2. The molecular formula is C23H30N2O3. The van der Waals surface area contributed by atoms with Crippen molar-refractivity contribution < 1.29 is 14.3 Å². The van der Waals surface area contributed by atoms with Crippen LogP contribution in [0.4, 0.5) is 4.79 Å². The number of hydrogen-bond acceptors (Lipinski definition) is 4. The molecule has 3 rings (SSSR count). The molecule has 0 bridgehead atoms. The van der Waals surface area contributed by atoms with E-state index >= 15 is 0 Å². The molecule has 1 fully saturated rings. The number of carbonyl (C=O) groups is 1. The summed E-state index contributed by atoms with van der Waals surface area (Å²) in [7, 11) is 0. The maximum absolute atomic E-state index is 11.8. The molecule has 0 atom stereocenters. The van der Waals surface area contributed by atoms with Crippen LogP contribution in [0.25, 0.3) is 0 Å². The summed E-state index contributed by atoms with van der Waals surface area (Å²) in [4.78, 5) is 16.0. The second kappa shape index (κ2) is 10.8. The highest BCUT2D eigenvalue weighted by Gasteiger charge is 2.21. The van der Waals surface area contributed by atoms with E-state index in [1.54, 1.807) is 4.90 Å². The van der Waals surface area contributed by atoms with Gasteiger partial charge in [-0.1, -0.05) is 60.7 Å². The number of ether oxygens (including phenoxy) is 2. The molecule has 0 aliphatic carbocycles. The predicted molar refractivity (Wildman–Crippen MR) is 110 cm³/mol. The first kappa shape index (κ1) is 20.4. The zero-order chi connectivity index (χ0) is 19.6. The van der Waals surface area contributed by atoms with Crippen LogP contribution in [0.15, 0.2) is 60.7 Å². The molecule has 1 aliphatic rings. The minimum absolute atomic E-state index is 0.0388. The Bertz CT molecular complexity index is 661. The SMILES string of the molecule is CCOC(=O)N1CCN(CCCOC(c2ccccc2)c2ccccc2)CC1. The Morgan fingerprint density at radius 3 is 2.04 bits per heavy atom. The lowest BCUT2D eigenvalue weighted by atomic mass is 10.0. The van der Waals surface area contributed by atoms with Crippen molar-refractivity contribution in [3.05, 3.63) is 71.8 Å². The Labute approximate surface area is 167 Å². The van der Waals surface area contributed by atoms with Gasteiger partial charge in [0.05, 0.1) is 6.61 Å². The molecule has 0 aromatic heterocycles. The number of rotatable bonds is 8. The molecule has 1 amide bonds. The third kappa shape index (κ3) is 5.81. The minimum Gasteiger partial charge on any atom is -0.450 e. The van der Waals surface area contributed by atoms with Crippen LogP contribution >= 0.6 is 0 Å². The maximum Gasteiger partial charge on any atom is 0.409 e. The Morgan fingerprint density at radius 1 is 0.929 bits per heavy atom. The lowest BCUT2D eigenvalue weighted by Gasteiger charge is -2.34. The summed E-state index contributed by atoms with van der Waals surface area (Å²) in [5.41, 5.74) is 2.36. The number of amides is 1. The fourth-order valence-corrected chi connectivity index (χ4v) is 3.50. The fraction of sp³-hybridized carbons (Fsp3) is 0.435. The summed E-state index contributed by atoms with van der Waals surface area (Å²) in [6.45, 7) is 7.19. The molecule has 150 valence electrons. The molecule has 28 heavy (non-hydrogen) atoms. The lowest BCUT2D eigenvalue weighted by Crippen LogP contribution is -2.49. The summed E-state index contributed by atoms with van der Waals surface area (Å²) >= 11 is 0. The summed E-state index contributed by atoms with van der Waals surface area (Å²) in [5.74, 6) is 0. The van der Waals surface area contributed by atoms with Crippen LogP contribution in [-0.4, -0.2) is 61.8 Å². The molecule has 1 heterocycles. The van der Waals surface area contributed by atoms with Crippen molar-refractivity contribution in [2.75, 3.05) is 45.9 Å². The predicted octanol–water partition coefficient (Wildman–Crippen LogP) is 3.96. The van der Waals surface area contributed by atoms with Gasteiger partial charge in [-0.25, -0.2) is 4.79 Å². The van der Waals surface area contributed by atoms with Crippen LogP contribution in [-0.2, 0) is 9.47 Å². The zero-order valence-corrected chi connectivity index (χ0v) is 16.6. The monoisotopic (exact) mass is 382 g/mol. The van der Waals surface area contributed by atoms with Crippen LogP contribution in [0.2, 0.25) is 0 Å². The summed E-state index contributed by atoms with van der Waals surface area (Å²) in [6, 6.07) is 20.7. The second-order valence-electron chi connectivity index (χ2n) is 6.95. The molecule has 2 aromatic carbocycles. The molecule has 1 aliphatic heterocycles. The third-order valence-corrected chi connectivity index (χ3v) is 5.01. The van der Waals surface area contributed by atoms with Gasteiger partial charge in [-0.2, -0.15) is 0 Å². The van der Waals surface area contributed by atoms with Crippen molar-refractivity contribution in [3.63, 3.8) is 0 Å². The van der Waals surface area contributed by atoms with Crippen LogP contribution < -0.4 is 0 Å². The van der Waals surface area contributed by atoms with Gasteiger partial charge in [-0.15, -0.1) is 0 Å². The molecule has 5 nitrogen and oxygen atoms in total. The average molecular weight is 383 g/mol. The van der Waals surface area contributed by atoms with E-state index in [1.165, 1.54) is 11.1 Å². The standard InChI is InChI=1S/C23H30N2O3/c1-2-27-23(26)25-17-15-24(16-18-25)14-9-19-28-22(20-10-5-3-6-11-20)21-12-7-4-8-13-21/h3-8,10-13,22H,2,9,14-19H2,1H3. The molecule has 0 spiro atoms. The van der Waals surface area contributed by atoms with E-state index in [1.807, 2.05) is 19.1 Å². The van der Waals surface area contributed by atoms with Crippen LogP contribution in [0, 0.1) is 0 Å². The van der Waals surface area contributed by atoms with Crippen molar-refractivity contribution in [3.8, 4) is 0 Å². The quantitative estimate of drug-likeness (QED) is 0.648. The van der Waals surface area contributed by atoms with Crippen molar-refractivity contribution in [1.82, 2.24) is 9.80 Å². The molecule has 0 unspecified atom stereocenters. The van der Waals surface area contributed by atoms with Gasteiger partial charge in [0.1, 0.15) is 6.10 Å². The highest BCUT2D eigenvalue weighted by Crippen LogP contribution is 2.25. The van der Waals surface area contributed by atoms with Gasteiger partial charge >= 0.3 is 6.09 Å². The normalized spacial score (nSPS) is 15.0. The molecule has 5 heteroatoms. The summed E-state index contributed by atoms with van der Waals surface area (Å²) in [5, 5.41) is 0. The Kier molecular flexibility index (Phi) is 7.88. The van der Waals surface area contributed by atoms with Crippen molar-refractivity contribution in [2.45, 2.75) is 19.4 Å². The van der Waals surface area contributed by atoms with Gasteiger partial charge in [0.25, 0.3) is 0 Å². The second-order valence-corrected chi connectivity index (χ2v) is 6.95. The van der Waals surface area contributed by atoms with Gasteiger partial charge in [0, 0.05) is 39.3 Å². The number of hydrogen-bond donors (Lipinski definition) is 0. The van der Waals surface area contributed by atoms with Crippen LogP contribution in [0.5, 0.6) is 0 Å². The first-order valence-corrected chi connectivity index (χ1v) is 10.1. The van der Waals surface area contributed by atoms with Crippen molar-refractivity contribution in [1.29, 1.82) is 0 Å². The summed E-state index contributed by atoms with van der Waals surface area (Å²) < 4.78 is 11.4. The highest BCUT2D eigenvalue weighted by atomic mass is 16.6. The molecule has 0 radical (unpaired) electrons. The molecule has 0 saturated carbocycles. The van der Waals surface area contributed by atoms with E-state index in [0.29, 0.717) is 13.2 Å². The third-order valence-electron chi connectivity index (χ3n) is 5.01. The number of piperazine rings is 1. The van der Waals surface area contributed by atoms with E-state index < -0.39 is 0 Å². The Morgan fingerprint density at radius 2 is 1.50 bits per heavy atom.